The quantitative estimate of drug-likeness (QED) is 0.747. The van der Waals surface area contributed by atoms with E-state index in [1.54, 1.807) is 12.1 Å². The van der Waals surface area contributed by atoms with E-state index in [0.717, 1.165) is 11.1 Å². The lowest BCUT2D eigenvalue weighted by Gasteiger charge is -2.27. The maximum atomic E-state index is 13.1. The molecule has 1 aliphatic heterocycles. The van der Waals surface area contributed by atoms with Gasteiger partial charge in [0.15, 0.2) is 0 Å². The number of terminal acetylenes is 1. The van der Waals surface area contributed by atoms with Crippen molar-refractivity contribution >= 4 is 35.1 Å². The second-order valence-corrected chi connectivity index (χ2v) is 6.93. The number of amides is 2. The molecule has 7 nitrogen and oxygen atoms in total. The van der Waals surface area contributed by atoms with Gasteiger partial charge in [-0.05, 0) is 31.2 Å². The van der Waals surface area contributed by atoms with Gasteiger partial charge in [0.2, 0.25) is 11.9 Å². The summed E-state index contributed by atoms with van der Waals surface area (Å²) in [5, 5.41) is 1.20. The van der Waals surface area contributed by atoms with Gasteiger partial charge in [0, 0.05) is 24.0 Å². The second-order valence-electron chi connectivity index (χ2n) is 6.52. The highest BCUT2D eigenvalue weighted by Crippen LogP contribution is 2.30. The molecule has 1 unspecified atom stereocenters. The number of hydrazine groups is 1. The Kier molecular flexibility index (Phi) is 5.59. The van der Waals surface area contributed by atoms with Crippen LogP contribution in [0.25, 0.3) is 0 Å². The number of hydrogen-bond acceptors (Lipinski definition) is 5. The van der Waals surface area contributed by atoms with Crippen molar-refractivity contribution in [2.75, 3.05) is 17.0 Å². The Hall–Kier alpha value is -3.32. The van der Waals surface area contributed by atoms with Crippen molar-refractivity contribution < 1.29 is 22.8 Å². The smallest absolute Gasteiger partial charge is 0.314 e. The lowest BCUT2D eigenvalue weighted by Crippen LogP contribution is -2.48. The van der Waals surface area contributed by atoms with Gasteiger partial charge >= 0.3 is 6.18 Å². The van der Waals surface area contributed by atoms with E-state index in [2.05, 4.69) is 21.3 Å². The molecule has 1 fully saturated rings. The second kappa shape index (κ2) is 7.84. The summed E-state index contributed by atoms with van der Waals surface area (Å²) in [5.74, 6) is 0.839. The summed E-state index contributed by atoms with van der Waals surface area (Å²) < 4.78 is 39.4. The van der Waals surface area contributed by atoms with Crippen LogP contribution < -0.4 is 15.3 Å². The van der Waals surface area contributed by atoms with Gasteiger partial charge in [0.25, 0.3) is 5.91 Å². The van der Waals surface area contributed by atoms with E-state index in [9.17, 15) is 22.8 Å². The molecule has 1 N–H and O–H groups in total. The van der Waals surface area contributed by atoms with Crippen molar-refractivity contribution in [3.63, 3.8) is 0 Å². The Morgan fingerprint density at radius 1 is 1.37 bits per heavy atom. The van der Waals surface area contributed by atoms with E-state index in [1.807, 2.05) is 0 Å². The van der Waals surface area contributed by atoms with Crippen LogP contribution in [0, 0.1) is 19.3 Å². The van der Waals surface area contributed by atoms with E-state index in [-0.39, 0.29) is 17.1 Å². The minimum absolute atomic E-state index is 0.0321. The predicted octanol–water partition coefficient (Wildman–Crippen LogP) is 2.71. The third kappa shape index (κ3) is 4.16. The van der Waals surface area contributed by atoms with E-state index in [1.165, 1.54) is 24.9 Å². The number of rotatable bonds is 3. The fourth-order valence-electron chi connectivity index (χ4n) is 2.90. The summed E-state index contributed by atoms with van der Waals surface area (Å²) in [6.45, 7) is 1.36. The molecule has 1 aromatic heterocycles. The number of hydrogen-bond donors (Lipinski definition) is 1. The van der Waals surface area contributed by atoms with Gasteiger partial charge in [0.1, 0.15) is 11.7 Å². The molecule has 0 radical (unpaired) electrons. The molecule has 1 atom stereocenters. The Labute approximate surface area is 174 Å². The van der Waals surface area contributed by atoms with Crippen LogP contribution in [0.2, 0.25) is 5.02 Å². The molecule has 2 amide bonds. The topological polar surface area (TPSA) is 78.4 Å². The largest absolute Gasteiger partial charge is 0.433 e. The first kappa shape index (κ1) is 21.4. The number of nitrogens with zero attached hydrogens (tertiary/aromatic N) is 4. The standard InChI is InChI=1S/C19H15ClF3N5O2/c1-4-11-5-6-12(8-13(11)20)27(3)17(30)14-9-16(29)26-28(14)18-24-10(2)7-15(25-18)19(21,22)23/h1,5-8,14H,9H2,2-3H3,(H,26,29). The summed E-state index contributed by atoms with van der Waals surface area (Å²) in [7, 11) is 1.45. The number of likely N-dealkylation sites (N-methyl/N-ethyl adjacent to an activating group) is 1. The SMILES string of the molecule is C#Cc1ccc(N(C)C(=O)C2CC(=O)NN2c2nc(C)cc(C(F)(F)F)n2)cc1Cl. The monoisotopic (exact) mass is 437 g/mol. The zero-order chi connectivity index (χ0) is 22.2. The molecule has 1 aromatic carbocycles. The molecule has 3 rings (SSSR count). The number of halogens is 4. The van der Waals surface area contributed by atoms with Crippen LogP contribution in [0.3, 0.4) is 0 Å². The summed E-state index contributed by atoms with van der Waals surface area (Å²) in [5.41, 5.74) is 2.03. The average molecular weight is 438 g/mol. The number of anilines is 2. The molecule has 0 saturated carbocycles. The van der Waals surface area contributed by atoms with Crippen molar-refractivity contribution in [3.05, 3.63) is 46.2 Å². The third-order valence-corrected chi connectivity index (χ3v) is 4.71. The summed E-state index contributed by atoms with van der Waals surface area (Å²) in [4.78, 5) is 33.7. The van der Waals surface area contributed by atoms with Crippen molar-refractivity contribution in [3.8, 4) is 12.3 Å². The number of nitrogens with one attached hydrogen (secondary N) is 1. The van der Waals surface area contributed by atoms with Gasteiger partial charge < -0.3 is 4.90 Å². The molecular formula is C19H15ClF3N5O2. The minimum Gasteiger partial charge on any atom is -0.314 e. The fraction of sp³-hybridized carbons (Fsp3) is 0.263. The van der Waals surface area contributed by atoms with E-state index in [4.69, 9.17) is 18.0 Å². The zero-order valence-corrected chi connectivity index (χ0v) is 16.5. The maximum Gasteiger partial charge on any atom is 0.433 e. The summed E-state index contributed by atoms with van der Waals surface area (Å²) >= 11 is 6.08. The molecule has 11 heteroatoms. The molecule has 0 aliphatic carbocycles. The Bertz CT molecular complexity index is 1070. The van der Waals surface area contributed by atoms with Crippen LogP contribution in [0.15, 0.2) is 24.3 Å². The summed E-state index contributed by atoms with van der Waals surface area (Å²) in [6.07, 6.45) is 0.338. The lowest BCUT2D eigenvalue weighted by molar-refractivity contribution is -0.141. The van der Waals surface area contributed by atoms with Crippen molar-refractivity contribution in [1.29, 1.82) is 0 Å². The molecule has 30 heavy (non-hydrogen) atoms. The van der Waals surface area contributed by atoms with Gasteiger partial charge in [-0.1, -0.05) is 17.5 Å². The molecule has 156 valence electrons. The first-order chi connectivity index (χ1) is 14.0. The highest BCUT2D eigenvalue weighted by molar-refractivity contribution is 6.32. The molecule has 0 spiro atoms. The highest BCUT2D eigenvalue weighted by atomic mass is 35.5. The third-order valence-electron chi connectivity index (χ3n) is 4.39. The van der Waals surface area contributed by atoms with Crippen LogP contribution in [-0.2, 0) is 15.8 Å². The normalized spacial score (nSPS) is 16.2. The highest BCUT2D eigenvalue weighted by Gasteiger charge is 2.41. The number of benzene rings is 1. The van der Waals surface area contributed by atoms with E-state index >= 15 is 0 Å². The van der Waals surface area contributed by atoms with E-state index < -0.39 is 35.7 Å². The van der Waals surface area contributed by atoms with Gasteiger partial charge in [0.05, 0.1) is 11.4 Å². The van der Waals surface area contributed by atoms with Gasteiger partial charge in [-0.2, -0.15) is 13.2 Å². The number of aromatic nitrogens is 2. The molecule has 2 aromatic rings. The van der Waals surface area contributed by atoms with Gasteiger partial charge in [-0.3, -0.25) is 15.0 Å². The molecular weight excluding hydrogens is 423 g/mol. The predicted molar refractivity (Wildman–Crippen MR) is 104 cm³/mol. The Morgan fingerprint density at radius 2 is 2.07 bits per heavy atom. The number of aryl methyl sites for hydroxylation is 1. The first-order valence-electron chi connectivity index (χ1n) is 8.56. The minimum atomic E-state index is -4.71. The molecule has 1 aliphatic rings. The van der Waals surface area contributed by atoms with Crippen molar-refractivity contribution in [2.45, 2.75) is 25.6 Å². The lowest BCUT2D eigenvalue weighted by atomic mass is 10.1. The Balaban J connectivity index is 1.94. The van der Waals surface area contributed by atoms with Crippen LogP contribution in [0.1, 0.15) is 23.4 Å². The van der Waals surface area contributed by atoms with Gasteiger partial charge in [-0.15, -0.1) is 6.42 Å². The van der Waals surface area contributed by atoms with Crippen LogP contribution in [0.4, 0.5) is 24.8 Å². The first-order valence-corrected chi connectivity index (χ1v) is 8.94. The number of carbonyl (C=O) groups excluding carboxylic acids is 2. The molecule has 0 bridgehead atoms. The summed E-state index contributed by atoms with van der Waals surface area (Å²) in [6, 6.07) is 4.22. The van der Waals surface area contributed by atoms with Gasteiger partial charge in [-0.25, -0.2) is 15.0 Å². The molecule has 2 heterocycles. The van der Waals surface area contributed by atoms with Crippen molar-refractivity contribution in [1.82, 2.24) is 15.4 Å². The number of carbonyl (C=O) groups is 2. The van der Waals surface area contributed by atoms with Crippen molar-refractivity contribution in [2.24, 2.45) is 0 Å². The average Bonchev–Trinajstić information content (AvgIpc) is 3.07. The fourth-order valence-corrected chi connectivity index (χ4v) is 3.13. The molecule has 1 saturated heterocycles. The van der Waals surface area contributed by atoms with Crippen LogP contribution in [-0.4, -0.2) is 34.9 Å². The van der Waals surface area contributed by atoms with E-state index in [0.29, 0.717) is 11.3 Å². The number of alkyl halides is 3. The Morgan fingerprint density at radius 3 is 2.67 bits per heavy atom. The van der Waals surface area contributed by atoms with Crippen LogP contribution >= 0.6 is 11.6 Å². The zero-order valence-electron chi connectivity index (χ0n) is 15.8. The maximum absolute atomic E-state index is 13.1. The van der Waals surface area contributed by atoms with Crippen LogP contribution in [0.5, 0.6) is 0 Å².